The zero-order valence-electron chi connectivity index (χ0n) is 12.4. The minimum atomic E-state index is -0.230. The van der Waals surface area contributed by atoms with Crippen LogP contribution in [0.15, 0.2) is 24.5 Å². The summed E-state index contributed by atoms with van der Waals surface area (Å²) in [6.07, 6.45) is 4.00. The summed E-state index contributed by atoms with van der Waals surface area (Å²) in [6, 6.07) is 3.98. The largest absolute Gasteiger partial charge is 0.426 e. The third kappa shape index (κ3) is 3.47. The van der Waals surface area contributed by atoms with Gasteiger partial charge in [-0.05, 0) is 56.0 Å². The Kier molecular flexibility index (Phi) is 4.23. The Labute approximate surface area is 119 Å². The van der Waals surface area contributed by atoms with Gasteiger partial charge in [0.25, 0.3) is 0 Å². The zero-order valence-corrected chi connectivity index (χ0v) is 12.4. The fourth-order valence-corrected chi connectivity index (χ4v) is 2.08. The first kappa shape index (κ1) is 14.3. The SMILES string of the molecule is Cc1cc(C)c(C)c(OC(=O)CCn2cc(C)cn2)c1. The first-order valence-corrected chi connectivity index (χ1v) is 6.73. The molecule has 0 amide bonds. The zero-order chi connectivity index (χ0) is 14.7. The third-order valence-electron chi connectivity index (χ3n) is 3.30. The van der Waals surface area contributed by atoms with Gasteiger partial charge in [0.1, 0.15) is 5.75 Å². The van der Waals surface area contributed by atoms with Gasteiger partial charge in [-0.2, -0.15) is 5.10 Å². The summed E-state index contributed by atoms with van der Waals surface area (Å²) in [7, 11) is 0. The van der Waals surface area contributed by atoms with Crippen molar-refractivity contribution in [3.63, 3.8) is 0 Å². The van der Waals surface area contributed by atoms with Crippen LogP contribution in [0.2, 0.25) is 0 Å². The predicted molar refractivity (Wildman–Crippen MR) is 77.9 cm³/mol. The van der Waals surface area contributed by atoms with Gasteiger partial charge < -0.3 is 4.74 Å². The van der Waals surface area contributed by atoms with E-state index in [0.717, 1.165) is 22.3 Å². The molecule has 0 N–H and O–H groups in total. The summed E-state index contributed by atoms with van der Waals surface area (Å²) in [6.45, 7) is 8.49. The molecule has 4 heteroatoms. The van der Waals surface area contributed by atoms with E-state index in [0.29, 0.717) is 18.7 Å². The van der Waals surface area contributed by atoms with Crippen molar-refractivity contribution < 1.29 is 9.53 Å². The van der Waals surface area contributed by atoms with Crippen molar-refractivity contribution in [2.24, 2.45) is 0 Å². The maximum atomic E-state index is 11.9. The number of carbonyl (C=O) groups is 1. The van der Waals surface area contributed by atoms with Crippen molar-refractivity contribution in [3.05, 3.63) is 46.8 Å². The van der Waals surface area contributed by atoms with E-state index in [1.54, 1.807) is 10.9 Å². The Morgan fingerprint density at radius 3 is 2.60 bits per heavy atom. The average molecular weight is 272 g/mol. The Morgan fingerprint density at radius 2 is 1.95 bits per heavy atom. The molecule has 2 rings (SSSR count). The molecule has 0 aliphatic carbocycles. The maximum absolute atomic E-state index is 11.9. The molecular formula is C16H20N2O2. The minimum absolute atomic E-state index is 0.230. The number of benzene rings is 1. The fourth-order valence-electron chi connectivity index (χ4n) is 2.08. The Hall–Kier alpha value is -2.10. The maximum Gasteiger partial charge on any atom is 0.313 e. The van der Waals surface area contributed by atoms with Crippen molar-refractivity contribution in [1.29, 1.82) is 0 Å². The van der Waals surface area contributed by atoms with Crippen LogP contribution in [0.3, 0.4) is 0 Å². The van der Waals surface area contributed by atoms with E-state index in [2.05, 4.69) is 11.2 Å². The normalized spacial score (nSPS) is 10.6. The van der Waals surface area contributed by atoms with E-state index in [1.165, 1.54) is 0 Å². The highest BCUT2D eigenvalue weighted by atomic mass is 16.5. The lowest BCUT2D eigenvalue weighted by molar-refractivity contribution is -0.134. The van der Waals surface area contributed by atoms with Crippen molar-refractivity contribution >= 4 is 5.97 Å². The molecule has 1 aromatic heterocycles. The van der Waals surface area contributed by atoms with Gasteiger partial charge in [0.2, 0.25) is 0 Å². The first-order valence-electron chi connectivity index (χ1n) is 6.73. The molecule has 0 saturated carbocycles. The van der Waals surface area contributed by atoms with Gasteiger partial charge in [0.05, 0.1) is 19.2 Å². The molecule has 0 saturated heterocycles. The molecule has 2 aromatic rings. The second-order valence-corrected chi connectivity index (χ2v) is 5.21. The topological polar surface area (TPSA) is 44.1 Å². The molecular weight excluding hydrogens is 252 g/mol. The molecule has 1 aromatic carbocycles. The quantitative estimate of drug-likeness (QED) is 0.634. The summed E-state index contributed by atoms with van der Waals surface area (Å²) in [5.41, 5.74) is 4.33. The highest BCUT2D eigenvalue weighted by molar-refractivity contribution is 5.73. The molecule has 4 nitrogen and oxygen atoms in total. The number of nitrogens with zero attached hydrogens (tertiary/aromatic N) is 2. The molecule has 0 atom stereocenters. The van der Waals surface area contributed by atoms with Gasteiger partial charge in [0, 0.05) is 6.20 Å². The third-order valence-corrected chi connectivity index (χ3v) is 3.30. The van der Waals surface area contributed by atoms with E-state index >= 15 is 0 Å². The smallest absolute Gasteiger partial charge is 0.313 e. The molecule has 0 spiro atoms. The van der Waals surface area contributed by atoms with E-state index in [-0.39, 0.29) is 5.97 Å². The van der Waals surface area contributed by atoms with Crippen molar-refractivity contribution in [1.82, 2.24) is 9.78 Å². The number of rotatable bonds is 4. The predicted octanol–water partition coefficient (Wildman–Crippen LogP) is 3.11. The molecule has 0 radical (unpaired) electrons. The van der Waals surface area contributed by atoms with Gasteiger partial charge in [-0.25, -0.2) is 0 Å². The summed E-state index contributed by atoms with van der Waals surface area (Å²) < 4.78 is 7.21. The van der Waals surface area contributed by atoms with E-state index in [9.17, 15) is 4.79 Å². The first-order chi connectivity index (χ1) is 9.45. The van der Waals surface area contributed by atoms with Crippen LogP contribution in [0, 0.1) is 27.7 Å². The highest BCUT2D eigenvalue weighted by Crippen LogP contribution is 2.23. The summed E-state index contributed by atoms with van der Waals surface area (Å²) in [4.78, 5) is 11.9. The number of hydrogen-bond donors (Lipinski definition) is 0. The lowest BCUT2D eigenvalue weighted by atomic mass is 10.1. The number of ether oxygens (including phenoxy) is 1. The molecule has 106 valence electrons. The van der Waals surface area contributed by atoms with Crippen molar-refractivity contribution in [2.45, 2.75) is 40.7 Å². The van der Waals surface area contributed by atoms with Crippen LogP contribution in [0.4, 0.5) is 0 Å². The van der Waals surface area contributed by atoms with E-state index < -0.39 is 0 Å². The average Bonchev–Trinajstić information content (AvgIpc) is 2.79. The number of esters is 1. The van der Waals surface area contributed by atoms with Gasteiger partial charge in [-0.15, -0.1) is 0 Å². The van der Waals surface area contributed by atoms with Gasteiger partial charge in [-0.1, -0.05) is 6.07 Å². The van der Waals surface area contributed by atoms with E-state index in [4.69, 9.17) is 4.74 Å². The number of aromatic nitrogens is 2. The molecule has 1 heterocycles. The van der Waals surface area contributed by atoms with Crippen molar-refractivity contribution in [3.8, 4) is 5.75 Å². The number of aryl methyl sites for hydroxylation is 4. The Morgan fingerprint density at radius 1 is 1.20 bits per heavy atom. The molecule has 0 aliphatic rings. The molecule has 0 unspecified atom stereocenters. The summed E-state index contributed by atoms with van der Waals surface area (Å²) in [5.74, 6) is 0.426. The number of carbonyl (C=O) groups excluding carboxylic acids is 1. The lowest BCUT2D eigenvalue weighted by Gasteiger charge is -2.11. The molecule has 20 heavy (non-hydrogen) atoms. The Balaban J connectivity index is 1.98. The second kappa shape index (κ2) is 5.90. The fraction of sp³-hybridized carbons (Fsp3) is 0.375. The summed E-state index contributed by atoms with van der Waals surface area (Å²) >= 11 is 0. The Bertz CT molecular complexity index is 629. The molecule has 0 fully saturated rings. The minimum Gasteiger partial charge on any atom is -0.426 e. The van der Waals surface area contributed by atoms with Crippen molar-refractivity contribution in [2.75, 3.05) is 0 Å². The molecule has 0 aliphatic heterocycles. The van der Waals surface area contributed by atoms with Crippen LogP contribution in [0.25, 0.3) is 0 Å². The van der Waals surface area contributed by atoms with Crippen LogP contribution in [0.1, 0.15) is 28.7 Å². The van der Waals surface area contributed by atoms with Gasteiger partial charge in [-0.3, -0.25) is 9.48 Å². The number of hydrogen-bond acceptors (Lipinski definition) is 3. The van der Waals surface area contributed by atoms with Gasteiger partial charge in [0.15, 0.2) is 0 Å². The second-order valence-electron chi connectivity index (χ2n) is 5.21. The lowest BCUT2D eigenvalue weighted by Crippen LogP contribution is -2.13. The standard InChI is InChI=1S/C16H20N2O2/c1-11-7-13(3)14(4)15(8-11)20-16(19)5-6-18-10-12(2)9-17-18/h7-10H,5-6H2,1-4H3. The highest BCUT2D eigenvalue weighted by Gasteiger charge is 2.10. The van der Waals surface area contributed by atoms with E-state index in [1.807, 2.05) is 40.0 Å². The summed E-state index contributed by atoms with van der Waals surface area (Å²) in [5, 5.41) is 4.15. The van der Waals surface area contributed by atoms with Crippen LogP contribution in [-0.2, 0) is 11.3 Å². The molecule has 0 bridgehead atoms. The van der Waals surface area contributed by atoms with Gasteiger partial charge >= 0.3 is 5.97 Å². The van der Waals surface area contributed by atoms with Crippen LogP contribution >= 0.6 is 0 Å². The van der Waals surface area contributed by atoms with Crippen LogP contribution in [0.5, 0.6) is 5.75 Å². The monoisotopic (exact) mass is 272 g/mol. The van der Waals surface area contributed by atoms with Crippen LogP contribution in [-0.4, -0.2) is 15.7 Å². The van der Waals surface area contributed by atoms with Crippen LogP contribution < -0.4 is 4.74 Å².